The zero-order valence-electron chi connectivity index (χ0n) is 11.6. The minimum atomic E-state index is 0.557. The number of nitrogens with zero attached hydrogens (tertiary/aromatic N) is 3. The van der Waals surface area contributed by atoms with Gasteiger partial charge in [0.25, 0.3) is 0 Å². The molecule has 3 rings (SSSR count). The lowest BCUT2D eigenvalue weighted by Gasteiger charge is -2.34. The molecule has 0 amide bonds. The normalized spacial score (nSPS) is 19.9. The van der Waals surface area contributed by atoms with Gasteiger partial charge in [-0.1, -0.05) is 12.1 Å². The molecule has 0 spiro atoms. The molecule has 2 heterocycles. The van der Waals surface area contributed by atoms with Crippen LogP contribution >= 0.6 is 0 Å². The third-order valence-electron chi connectivity index (χ3n) is 3.85. The number of aryl methyl sites for hydroxylation is 1. The molecule has 0 aliphatic carbocycles. The van der Waals surface area contributed by atoms with Crippen molar-refractivity contribution in [2.45, 2.75) is 25.8 Å². The molecule has 2 aromatic rings. The van der Waals surface area contributed by atoms with Crippen LogP contribution in [0.2, 0.25) is 0 Å². The van der Waals surface area contributed by atoms with Crippen molar-refractivity contribution in [2.24, 2.45) is 0 Å². The number of hydrogen-bond donors (Lipinski definition) is 1. The number of fused-ring (bicyclic) bond motifs is 1. The second-order valence-corrected chi connectivity index (χ2v) is 5.20. The largest absolute Gasteiger partial charge is 0.354 e. The van der Waals surface area contributed by atoms with E-state index < -0.39 is 0 Å². The van der Waals surface area contributed by atoms with Crippen molar-refractivity contribution >= 4 is 16.9 Å². The monoisotopic (exact) mass is 256 g/mol. The van der Waals surface area contributed by atoms with Crippen LogP contribution in [0.3, 0.4) is 0 Å². The summed E-state index contributed by atoms with van der Waals surface area (Å²) in [7, 11) is 2.03. The molecular weight excluding hydrogens is 236 g/mol. The summed E-state index contributed by atoms with van der Waals surface area (Å²) in [6.45, 7) is 4.15. The molecule has 1 unspecified atom stereocenters. The highest BCUT2D eigenvalue weighted by molar-refractivity contribution is 5.76. The van der Waals surface area contributed by atoms with E-state index in [0.717, 1.165) is 35.6 Å². The van der Waals surface area contributed by atoms with E-state index in [0.29, 0.717) is 6.04 Å². The predicted octanol–water partition coefficient (Wildman–Crippen LogP) is 2.13. The Balaban J connectivity index is 1.97. The Bertz CT molecular complexity index is 581. The number of hydrogen-bond acceptors (Lipinski definition) is 4. The van der Waals surface area contributed by atoms with Gasteiger partial charge >= 0.3 is 0 Å². The lowest BCUT2D eigenvalue weighted by molar-refractivity contribution is 0.447. The molecule has 19 heavy (non-hydrogen) atoms. The minimum Gasteiger partial charge on any atom is -0.354 e. The van der Waals surface area contributed by atoms with Crippen LogP contribution in [0.4, 0.5) is 5.82 Å². The average molecular weight is 256 g/mol. The Morgan fingerprint density at radius 3 is 2.68 bits per heavy atom. The number of anilines is 1. The summed E-state index contributed by atoms with van der Waals surface area (Å²) >= 11 is 0. The maximum atomic E-state index is 4.80. The van der Waals surface area contributed by atoms with Crippen LogP contribution in [0.15, 0.2) is 24.3 Å². The number of rotatable bonds is 2. The predicted molar refractivity (Wildman–Crippen MR) is 78.6 cm³/mol. The van der Waals surface area contributed by atoms with Crippen LogP contribution < -0.4 is 10.2 Å². The van der Waals surface area contributed by atoms with Crippen molar-refractivity contribution < 1.29 is 0 Å². The number of benzene rings is 1. The number of likely N-dealkylation sites (N-methyl/N-ethyl adjacent to an activating group) is 1. The maximum Gasteiger partial charge on any atom is 0.150 e. The van der Waals surface area contributed by atoms with E-state index in [2.05, 4.69) is 22.1 Å². The Labute approximate surface area is 113 Å². The molecular formula is C15H20N4. The Morgan fingerprint density at radius 2 is 1.95 bits per heavy atom. The van der Waals surface area contributed by atoms with E-state index in [-0.39, 0.29) is 0 Å². The standard InChI is InChI=1S/C15H20N4/c1-11-15(19-9-5-6-12(10-19)16-2)18-14-8-4-3-7-13(14)17-11/h3-4,7-8,12,16H,5-6,9-10H2,1-2H3. The van der Waals surface area contributed by atoms with E-state index in [1.807, 2.05) is 31.3 Å². The molecule has 100 valence electrons. The van der Waals surface area contributed by atoms with E-state index in [1.165, 1.54) is 12.8 Å². The maximum absolute atomic E-state index is 4.80. The molecule has 1 fully saturated rings. The third-order valence-corrected chi connectivity index (χ3v) is 3.85. The first kappa shape index (κ1) is 12.4. The van der Waals surface area contributed by atoms with Gasteiger partial charge in [-0.2, -0.15) is 0 Å². The molecule has 1 saturated heterocycles. The minimum absolute atomic E-state index is 0.557. The number of piperidine rings is 1. The SMILES string of the molecule is CNC1CCCN(c2nc3ccccc3nc2C)C1. The number of para-hydroxylation sites is 2. The first-order chi connectivity index (χ1) is 9.28. The highest BCUT2D eigenvalue weighted by Gasteiger charge is 2.21. The number of aromatic nitrogens is 2. The average Bonchev–Trinajstić information content (AvgIpc) is 2.46. The molecule has 0 saturated carbocycles. The van der Waals surface area contributed by atoms with Crippen molar-refractivity contribution in [1.29, 1.82) is 0 Å². The van der Waals surface area contributed by atoms with Crippen molar-refractivity contribution in [3.05, 3.63) is 30.0 Å². The summed E-state index contributed by atoms with van der Waals surface area (Å²) in [5.41, 5.74) is 2.98. The van der Waals surface area contributed by atoms with Gasteiger partial charge in [0.15, 0.2) is 5.82 Å². The lowest BCUT2D eigenvalue weighted by Crippen LogP contribution is -2.45. The van der Waals surface area contributed by atoms with Gasteiger partial charge in [0, 0.05) is 19.1 Å². The van der Waals surface area contributed by atoms with E-state index in [9.17, 15) is 0 Å². The summed E-state index contributed by atoms with van der Waals surface area (Å²) < 4.78 is 0. The smallest absolute Gasteiger partial charge is 0.150 e. The quantitative estimate of drug-likeness (QED) is 0.893. The lowest BCUT2D eigenvalue weighted by atomic mass is 10.1. The van der Waals surface area contributed by atoms with Gasteiger partial charge in [0.1, 0.15) is 0 Å². The fourth-order valence-corrected chi connectivity index (χ4v) is 2.78. The van der Waals surface area contributed by atoms with Crippen molar-refractivity contribution in [3.8, 4) is 0 Å². The highest BCUT2D eigenvalue weighted by atomic mass is 15.2. The van der Waals surface area contributed by atoms with Gasteiger partial charge < -0.3 is 10.2 Å². The number of nitrogens with one attached hydrogen (secondary N) is 1. The van der Waals surface area contributed by atoms with Crippen molar-refractivity contribution in [3.63, 3.8) is 0 Å². The molecule has 1 N–H and O–H groups in total. The van der Waals surface area contributed by atoms with E-state index in [4.69, 9.17) is 4.98 Å². The summed E-state index contributed by atoms with van der Waals surface area (Å²) in [5.74, 6) is 1.04. The van der Waals surface area contributed by atoms with Gasteiger partial charge in [-0.15, -0.1) is 0 Å². The van der Waals surface area contributed by atoms with Crippen LogP contribution in [0.1, 0.15) is 18.5 Å². The first-order valence-electron chi connectivity index (χ1n) is 6.93. The van der Waals surface area contributed by atoms with Gasteiger partial charge in [-0.25, -0.2) is 9.97 Å². The molecule has 1 atom stereocenters. The topological polar surface area (TPSA) is 41.0 Å². The second-order valence-electron chi connectivity index (χ2n) is 5.20. The third kappa shape index (κ3) is 2.40. The summed E-state index contributed by atoms with van der Waals surface area (Å²) in [4.78, 5) is 11.8. The fraction of sp³-hybridized carbons (Fsp3) is 0.467. The molecule has 0 bridgehead atoms. The molecule has 4 nitrogen and oxygen atoms in total. The molecule has 0 radical (unpaired) electrons. The van der Waals surface area contributed by atoms with Crippen LogP contribution in [0.5, 0.6) is 0 Å². The molecule has 4 heteroatoms. The summed E-state index contributed by atoms with van der Waals surface area (Å²) in [6.07, 6.45) is 2.45. The van der Waals surface area contributed by atoms with Gasteiger partial charge in [-0.05, 0) is 38.9 Å². The van der Waals surface area contributed by atoms with Gasteiger partial charge in [0.2, 0.25) is 0 Å². The van der Waals surface area contributed by atoms with Crippen molar-refractivity contribution in [1.82, 2.24) is 15.3 Å². The van der Waals surface area contributed by atoms with E-state index >= 15 is 0 Å². The summed E-state index contributed by atoms with van der Waals surface area (Å²) in [5, 5.41) is 3.37. The van der Waals surface area contributed by atoms with Crippen LogP contribution in [-0.4, -0.2) is 36.1 Å². The Hall–Kier alpha value is -1.68. The zero-order valence-corrected chi connectivity index (χ0v) is 11.6. The van der Waals surface area contributed by atoms with Crippen LogP contribution in [-0.2, 0) is 0 Å². The molecule has 1 aromatic carbocycles. The first-order valence-corrected chi connectivity index (χ1v) is 6.93. The van der Waals surface area contributed by atoms with E-state index in [1.54, 1.807) is 0 Å². The zero-order chi connectivity index (χ0) is 13.2. The summed E-state index contributed by atoms with van der Waals surface area (Å²) in [6, 6.07) is 8.63. The Morgan fingerprint density at radius 1 is 1.21 bits per heavy atom. The Kier molecular flexibility index (Phi) is 3.34. The molecule has 1 aliphatic heterocycles. The van der Waals surface area contributed by atoms with Crippen LogP contribution in [0, 0.1) is 6.92 Å². The van der Waals surface area contributed by atoms with Gasteiger partial charge in [-0.3, -0.25) is 0 Å². The molecule has 1 aliphatic rings. The van der Waals surface area contributed by atoms with Gasteiger partial charge in [0.05, 0.1) is 16.7 Å². The second kappa shape index (κ2) is 5.13. The van der Waals surface area contributed by atoms with Crippen LogP contribution in [0.25, 0.3) is 11.0 Å². The van der Waals surface area contributed by atoms with Crippen molar-refractivity contribution in [2.75, 3.05) is 25.0 Å². The fourth-order valence-electron chi connectivity index (χ4n) is 2.78. The molecule has 1 aromatic heterocycles. The highest BCUT2D eigenvalue weighted by Crippen LogP contribution is 2.23.